The standard InChI is InChI=1S/C15H24N2O2S/c1-2-19-14(18)8-7-13-11-20-15(17-13)16-10-9-12-5-3-4-6-12/h11-12H,2-10H2,1H3,(H,16,17). The molecule has 1 aromatic heterocycles. The number of thiazole rings is 1. The average molecular weight is 296 g/mol. The highest BCUT2D eigenvalue weighted by atomic mass is 32.1. The number of ether oxygens (including phenoxy) is 1. The Hall–Kier alpha value is -1.10. The van der Waals surface area contributed by atoms with Crippen LogP contribution in [0.15, 0.2) is 5.38 Å². The van der Waals surface area contributed by atoms with Crippen LogP contribution in [0.2, 0.25) is 0 Å². The summed E-state index contributed by atoms with van der Waals surface area (Å²) >= 11 is 1.62. The molecule has 1 aliphatic carbocycles. The minimum Gasteiger partial charge on any atom is -0.466 e. The molecular weight excluding hydrogens is 272 g/mol. The number of nitrogens with zero attached hydrogens (tertiary/aromatic N) is 1. The number of aromatic nitrogens is 1. The lowest BCUT2D eigenvalue weighted by Crippen LogP contribution is -2.07. The molecular formula is C15H24N2O2S. The van der Waals surface area contributed by atoms with Gasteiger partial charge in [-0.05, 0) is 19.3 Å². The van der Waals surface area contributed by atoms with Crippen LogP contribution in [0.3, 0.4) is 0 Å². The van der Waals surface area contributed by atoms with Crippen molar-refractivity contribution in [1.29, 1.82) is 0 Å². The van der Waals surface area contributed by atoms with Gasteiger partial charge in [-0.25, -0.2) is 4.98 Å². The molecule has 0 aliphatic heterocycles. The molecule has 0 radical (unpaired) electrons. The molecule has 1 aliphatic rings. The third-order valence-electron chi connectivity index (χ3n) is 3.75. The van der Waals surface area contributed by atoms with E-state index in [0.29, 0.717) is 19.4 Å². The molecule has 1 N–H and O–H groups in total. The van der Waals surface area contributed by atoms with Crippen molar-refractivity contribution in [2.45, 2.75) is 51.9 Å². The van der Waals surface area contributed by atoms with Crippen molar-refractivity contribution in [3.63, 3.8) is 0 Å². The van der Waals surface area contributed by atoms with E-state index in [1.807, 2.05) is 12.3 Å². The Morgan fingerprint density at radius 3 is 3.05 bits per heavy atom. The van der Waals surface area contributed by atoms with Crippen LogP contribution >= 0.6 is 11.3 Å². The first-order valence-electron chi connectivity index (χ1n) is 7.62. The highest BCUT2D eigenvalue weighted by molar-refractivity contribution is 7.13. The number of carbonyl (C=O) groups is 1. The summed E-state index contributed by atoms with van der Waals surface area (Å²) in [4.78, 5) is 15.8. The quantitative estimate of drug-likeness (QED) is 0.744. The third kappa shape index (κ3) is 5.12. The van der Waals surface area contributed by atoms with Gasteiger partial charge in [0.15, 0.2) is 5.13 Å². The van der Waals surface area contributed by atoms with Crippen LogP contribution in [0.4, 0.5) is 5.13 Å². The lowest BCUT2D eigenvalue weighted by molar-refractivity contribution is -0.143. The van der Waals surface area contributed by atoms with Gasteiger partial charge in [-0.3, -0.25) is 4.79 Å². The summed E-state index contributed by atoms with van der Waals surface area (Å²) < 4.78 is 4.91. The Labute approximate surface area is 124 Å². The molecule has 20 heavy (non-hydrogen) atoms. The maximum Gasteiger partial charge on any atom is 0.306 e. The Morgan fingerprint density at radius 1 is 1.50 bits per heavy atom. The topological polar surface area (TPSA) is 51.2 Å². The minimum atomic E-state index is -0.142. The van der Waals surface area contributed by atoms with Crippen LogP contribution in [-0.2, 0) is 16.0 Å². The predicted molar refractivity (Wildman–Crippen MR) is 82.1 cm³/mol. The van der Waals surface area contributed by atoms with Crippen LogP contribution in [0.1, 0.15) is 51.1 Å². The number of hydrogen-bond acceptors (Lipinski definition) is 5. The van der Waals surface area contributed by atoms with E-state index in [4.69, 9.17) is 4.74 Å². The molecule has 0 aromatic carbocycles. The van der Waals surface area contributed by atoms with E-state index in [9.17, 15) is 4.79 Å². The first-order chi connectivity index (χ1) is 9.78. The number of nitrogens with one attached hydrogen (secondary N) is 1. The Kier molecular flexibility index (Phi) is 6.30. The second kappa shape index (κ2) is 8.25. The summed E-state index contributed by atoms with van der Waals surface area (Å²) in [5.41, 5.74) is 0.978. The monoisotopic (exact) mass is 296 g/mol. The van der Waals surface area contributed by atoms with Gasteiger partial charge in [0.05, 0.1) is 18.7 Å². The van der Waals surface area contributed by atoms with E-state index in [1.54, 1.807) is 11.3 Å². The van der Waals surface area contributed by atoms with Gasteiger partial charge >= 0.3 is 5.97 Å². The van der Waals surface area contributed by atoms with Crippen LogP contribution in [0.25, 0.3) is 0 Å². The number of esters is 1. The van der Waals surface area contributed by atoms with Gasteiger partial charge in [0, 0.05) is 18.3 Å². The molecule has 112 valence electrons. The van der Waals surface area contributed by atoms with Crippen molar-refractivity contribution >= 4 is 22.4 Å². The molecule has 0 saturated heterocycles. The molecule has 2 rings (SSSR count). The van der Waals surface area contributed by atoms with Gasteiger partial charge in [-0.2, -0.15) is 0 Å². The van der Waals surface area contributed by atoms with E-state index in [2.05, 4.69) is 10.3 Å². The van der Waals surface area contributed by atoms with Crippen molar-refractivity contribution in [1.82, 2.24) is 4.98 Å². The number of aryl methyl sites for hydroxylation is 1. The molecule has 0 spiro atoms. The normalized spacial score (nSPS) is 15.4. The Balaban J connectivity index is 1.65. The van der Waals surface area contributed by atoms with E-state index in [-0.39, 0.29) is 5.97 Å². The van der Waals surface area contributed by atoms with Gasteiger partial charge < -0.3 is 10.1 Å². The van der Waals surface area contributed by atoms with E-state index < -0.39 is 0 Å². The second-order valence-corrected chi connectivity index (χ2v) is 6.17. The molecule has 0 unspecified atom stereocenters. The summed E-state index contributed by atoms with van der Waals surface area (Å²) in [6.07, 6.45) is 7.92. The van der Waals surface area contributed by atoms with Crippen LogP contribution < -0.4 is 5.32 Å². The maximum absolute atomic E-state index is 11.3. The van der Waals surface area contributed by atoms with Crippen molar-refractivity contribution in [2.75, 3.05) is 18.5 Å². The highest BCUT2D eigenvalue weighted by Crippen LogP contribution is 2.27. The summed E-state index contributed by atoms with van der Waals surface area (Å²) in [6, 6.07) is 0. The fourth-order valence-electron chi connectivity index (χ4n) is 2.65. The molecule has 1 heterocycles. The molecule has 1 saturated carbocycles. The second-order valence-electron chi connectivity index (χ2n) is 5.31. The molecule has 5 heteroatoms. The zero-order valence-electron chi connectivity index (χ0n) is 12.2. The Morgan fingerprint density at radius 2 is 2.30 bits per heavy atom. The number of anilines is 1. The molecule has 0 amide bonds. The van der Waals surface area contributed by atoms with Crippen LogP contribution in [-0.4, -0.2) is 24.1 Å². The summed E-state index contributed by atoms with van der Waals surface area (Å²) in [5, 5.41) is 6.39. The zero-order valence-corrected chi connectivity index (χ0v) is 13.0. The van der Waals surface area contributed by atoms with Crippen molar-refractivity contribution in [3.8, 4) is 0 Å². The van der Waals surface area contributed by atoms with Gasteiger partial charge in [0.25, 0.3) is 0 Å². The molecule has 1 fully saturated rings. The van der Waals surface area contributed by atoms with Gasteiger partial charge in [0.1, 0.15) is 0 Å². The van der Waals surface area contributed by atoms with Crippen molar-refractivity contribution in [2.24, 2.45) is 5.92 Å². The third-order valence-corrected chi connectivity index (χ3v) is 4.59. The molecule has 0 bridgehead atoms. The van der Waals surface area contributed by atoms with E-state index in [1.165, 1.54) is 32.1 Å². The fraction of sp³-hybridized carbons (Fsp3) is 0.733. The number of carbonyl (C=O) groups excluding carboxylic acids is 1. The highest BCUT2D eigenvalue weighted by Gasteiger charge is 2.14. The van der Waals surface area contributed by atoms with Crippen LogP contribution in [0, 0.1) is 5.92 Å². The molecule has 4 nitrogen and oxygen atoms in total. The predicted octanol–water partition coefficient (Wildman–Crippen LogP) is 3.63. The van der Waals surface area contributed by atoms with Crippen LogP contribution in [0.5, 0.6) is 0 Å². The minimum absolute atomic E-state index is 0.142. The lowest BCUT2D eigenvalue weighted by atomic mass is 10.0. The summed E-state index contributed by atoms with van der Waals surface area (Å²) in [5.74, 6) is 0.766. The number of rotatable bonds is 8. The van der Waals surface area contributed by atoms with Gasteiger partial charge in [-0.15, -0.1) is 11.3 Å². The summed E-state index contributed by atoms with van der Waals surface area (Å²) in [6.45, 7) is 3.28. The van der Waals surface area contributed by atoms with Gasteiger partial charge in [-0.1, -0.05) is 25.7 Å². The summed E-state index contributed by atoms with van der Waals surface area (Å²) in [7, 11) is 0. The first-order valence-corrected chi connectivity index (χ1v) is 8.49. The maximum atomic E-state index is 11.3. The largest absolute Gasteiger partial charge is 0.466 e. The zero-order chi connectivity index (χ0) is 14.2. The average Bonchev–Trinajstić information content (AvgIpc) is 3.08. The van der Waals surface area contributed by atoms with Crippen molar-refractivity contribution in [3.05, 3.63) is 11.1 Å². The molecule has 0 atom stereocenters. The molecule has 1 aromatic rings. The SMILES string of the molecule is CCOC(=O)CCc1csc(NCCC2CCCC2)n1. The van der Waals surface area contributed by atoms with E-state index >= 15 is 0 Å². The van der Waals surface area contributed by atoms with E-state index in [0.717, 1.165) is 23.3 Å². The Bertz CT molecular complexity index is 414. The smallest absolute Gasteiger partial charge is 0.306 e. The number of hydrogen-bond donors (Lipinski definition) is 1. The van der Waals surface area contributed by atoms with Crippen molar-refractivity contribution < 1.29 is 9.53 Å². The lowest BCUT2D eigenvalue weighted by Gasteiger charge is -2.08. The fourth-order valence-corrected chi connectivity index (χ4v) is 3.42. The van der Waals surface area contributed by atoms with Gasteiger partial charge in [0.2, 0.25) is 0 Å². The first kappa shape index (κ1) is 15.3.